The SMILES string of the molecule is C=Nc1ccc(OC(F)F)c(/C(=C/CC)SC)c1/C=C\CC(=O)C(C)C. The van der Waals surface area contributed by atoms with Crippen molar-refractivity contribution in [2.45, 2.75) is 40.2 Å². The van der Waals surface area contributed by atoms with Gasteiger partial charge in [0.05, 0.1) is 5.69 Å². The third-order valence-corrected chi connectivity index (χ3v) is 4.48. The number of aliphatic imine (C=N–C) groups is 1. The summed E-state index contributed by atoms with van der Waals surface area (Å²) < 4.78 is 30.5. The quantitative estimate of drug-likeness (QED) is 0.443. The minimum absolute atomic E-state index is 0.0635. The van der Waals surface area contributed by atoms with Gasteiger partial charge in [-0.3, -0.25) is 9.79 Å². The van der Waals surface area contributed by atoms with Crippen LogP contribution in [0.25, 0.3) is 11.0 Å². The van der Waals surface area contributed by atoms with Crippen LogP contribution in [0.5, 0.6) is 5.75 Å². The molecule has 0 unspecified atom stereocenters. The van der Waals surface area contributed by atoms with Gasteiger partial charge in [0.1, 0.15) is 11.5 Å². The number of rotatable bonds is 10. The fourth-order valence-corrected chi connectivity index (χ4v) is 3.09. The van der Waals surface area contributed by atoms with Gasteiger partial charge in [-0.1, -0.05) is 39.0 Å². The first kappa shape index (κ1) is 22.1. The summed E-state index contributed by atoms with van der Waals surface area (Å²) in [5.41, 5.74) is 1.70. The van der Waals surface area contributed by atoms with E-state index in [0.717, 1.165) is 11.3 Å². The van der Waals surface area contributed by atoms with E-state index in [9.17, 15) is 13.6 Å². The fraction of sp³-hybridized carbons (Fsp3) is 0.400. The summed E-state index contributed by atoms with van der Waals surface area (Å²) in [5.74, 6) is 0.118. The Bertz CT molecular complexity index is 697. The largest absolute Gasteiger partial charge is 0.434 e. The average Bonchev–Trinajstić information content (AvgIpc) is 2.59. The molecule has 6 heteroatoms. The van der Waals surface area contributed by atoms with E-state index in [-0.39, 0.29) is 23.9 Å². The molecule has 1 rings (SSSR count). The molecule has 0 fully saturated rings. The van der Waals surface area contributed by atoms with Gasteiger partial charge in [-0.15, -0.1) is 11.8 Å². The van der Waals surface area contributed by atoms with Crippen molar-refractivity contribution >= 4 is 40.9 Å². The number of alkyl halides is 2. The van der Waals surface area contributed by atoms with Crippen molar-refractivity contribution in [1.29, 1.82) is 0 Å². The summed E-state index contributed by atoms with van der Waals surface area (Å²) in [6.07, 6.45) is 8.29. The van der Waals surface area contributed by atoms with E-state index in [1.165, 1.54) is 17.8 Å². The summed E-state index contributed by atoms with van der Waals surface area (Å²) in [4.78, 5) is 16.7. The van der Waals surface area contributed by atoms with Crippen molar-refractivity contribution in [3.8, 4) is 5.75 Å². The maximum absolute atomic E-state index is 12.9. The zero-order valence-electron chi connectivity index (χ0n) is 15.6. The summed E-state index contributed by atoms with van der Waals surface area (Å²) in [6, 6.07) is 3.06. The molecule has 0 aliphatic carbocycles. The van der Waals surface area contributed by atoms with E-state index in [2.05, 4.69) is 11.7 Å². The maximum Gasteiger partial charge on any atom is 0.387 e. The van der Waals surface area contributed by atoms with Crippen molar-refractivity contribution in [2.75, 3.05) is 6.26 Å². The van der Waals surface area contributed by atoms with E-state index < -0.39 is 6.61 Å². The van der Waals surface area contributed by atoms with Gasteiger partial charge in [0, 0.05) is 28.4 Å². The van der Waals surface area contributed by atoms with Gasteiger partial charge in [0.25, 0.3) is 0 Å². The Hall–Kier alpha value is -1.95. The Kier molecular flexibility index (Phi) is 9.27. The second-order valence-corrected chi connectivity index (χ2v) is 6.66. The number of thioether (sulfide) groups is 1. The second kappa shape index (κ2) is 10.9. The Labute approximate surface area is 158 Å². The Morgan fingerprint density at radius 2 is 2.08 bits per heavy atom. The predicted molar refractivity (Wildman–Crippen MR) is 108 cm³/mol. The van der Waals surface area contributed by atoms with Crippen molar-refractivity contribution in [3.63, 3.8) is 0 Å². The average molecular weight is 381 g/mol. The van der Waals surface area contributed by atoms with Crippen LogP contribution in [0.15, 0.2) is 29.3 Å². The van der Waals surface area contributed by atoms with Crippen molar-refractivity contribution in [1.82, 2.24) is 0 Å². The third-order valence-electron chi connectivity index (χ3n) is 3.67. The smallest absolute Gasteiger partial charge is 0.387 e. The Balaban J connectivity index is 3.51. The van der Waals surface area contributed by atoms with Crippen LogP contribution in [0.4, 0.5) is 14.5 Å². The van der Waals surface area contributed by atoms with Crippen molar-refractivity contribution in [3.05, 3.63) is 35.4 Å². The minimum Gasteiger partial charge on any atom is -0.434 e. The van der Waals surface area contributed by atoms with E-state index in [4.69, 9.17) is 4.74 Å². The number of hydrogen-bond acceptors (Lipinski definition) is 4. The monoisotopic (exact) mass is 381 g/mol. The normalized spacial score (nSPS) is 12.2. The topological polar surface area (TPSA) is 38.7 Å². The van der Waals surface area contributed by atoms with Gasteiger partial charge >= 0.3 is 6.61 Å². The number of benzene rings is 1. The molecule has 0 aliphatic heterocycles. The third kappa shape index (κ3) is 6.09. The lowest BCUT2D eigenvalue weighted by atomic mass is 10.0. The van der Waals surface area contributed by atoms with Crippen LogP contribution in [0, 0.1) is 5.92 Å². The zero-order chi connectivity index (χ0) is 19.7. The number of carbonyl (C=O) groups is 1. The van der Waals surface area contributed by atoms with Crippen LogP contribution >= 0.6 is 11.8 Å². The number of nitrogens with zero attached hydrogens (tertiary/aromatic N) is 1. The van der Waals surface area contributed by atoms with E-state index in [1.807, 2.05) is 33.1 Å². The van der Waals surface area contributed by atoms with Gasteiger partial charge < -0.3 is 4.74 Å². The predicted octanol–water partition coefficient (Wildman–Crippen LogP) is 6.36. The summed E-state index contributed by atoms with van der Waals surface area (Å²) in [6.45, 7) is 6.28. The van der Waals surface area contributed by atoms with Crippen LogP contribution < -0.4 is 4.74 Å². The highest BCUT2D eigenvalue weighted by Gasteiger charge is 2.18. The summed E-state index contributed by atoms with van der Waals surface area (Å²) in [7, 11) is 0. The lowest BCUT2D eigenvalue weighted by molar-refractivity contribution is -0.121. The molecule has 0 radical (unpaired) electrons. The molecule has 0 bridgehead atoms. The molecule has 0 saturated heterocycles. The highest BCUT2D eigenvalue weighted by atomic mass is 32.2. The zero-order valence-corrected chi connectivity index (χ0v) is 16.4. The molecule has 0 saturated carbocycles. The number of Topliss-reactive ketones (excluding diaryl/α,β-unsaturated/α-hetero) is 1. The van der Waals surface area contributed by atoms with Gasteiger partial charge in [-0.2, -0.15) is 8.78 Å². The second-order valence-electron chi connectivity index (χ2n) is 5.82. The van der Waals surface area contributed by atoms with E-state index in [0.29, 0.717) is 16.8 Å². The molecule has 26 heavy (non-hydrogen) atoms. The summed E-state index contributed by atoms with van der Waals surface area (Å²) in [5, 5.41) is 0. The van der Waals surface area contributed by atoms with Crippen LogP contribution in [-0.2, 0) is 4.79 Å². The molecule has 142 valence electrons. The highest BCUT2D eigenvalue weighted by molar-refractivity contribution is 8.07. The lowest BCUT2D eigenvalue weighted by Crippen LogP contribution is -2.06. The standard InChI is InChI=1S/C20H25F2NO2S/c1-6-8-18(26-5)19-14(9-7-10-16(24)13(2)3)15(23-4)11-12-17(19)25-20(21)22/h7-9,11-13,20H,4,6,10H2,1-3,5H3/b9-7-,18-8-. The molecule has 0 heterocycles. The molecular formula is C20H25F2NO2S. The number of allylic oxidation sites excluding steroid dienone is 2. The van der Waals surface area contributed by atoms with Gasteiger partial charge in [0.15, 0.2) is 0 Å². The van der Waals surface area contributed by atoms with Gasteiger partial charge in [-0.25, -0.2) is 0 Å². The van der Waals surface area contributed by atoms with E-state index in [1.54, 1.807) is 18.2 Å². The van der Waals surface area contributed by atoms with Crippen LogP contribution in [0.3, 0.4) is 0 Å². The number of ketones is 1. The molecule has 0 aliphatic rings. The summed E-state index contributed by atoms with van der Waals surface area (Å²) >= 11 is 1.44. The molecule has 0 N–H and O–H groups in total. The number of halogens is 2. The minimum atomic E-state index is -2.93. The molecule has 3 nitrogen and oxygen atoms in total. The Morgan fingerprint density at radius 3 is 2.58 bits per heavy atom. The van der Waals surface area contributed by atoms with E-state index >= 15 is 0 Å². The number of hydrogen-bond donors (Lipinski definition) is 0. The first-order chi connectivity index (χ1) is 12.3. The first-order valence-electron chi connectivity index (χ1n) is 8.37. The van der Waals surface area contributed by atoms with Crippen molar-refractivity contribution in [2.24, 2.45) is 10.9 Å². The highest BCUT2D eigenvalue weighted by Crippen LogP contribution is 2.41. The Morgan fingerprint density at radius 1 is 1.38 bits per heavy atom. The molecular weight excluding hydrogens is 356 g/mol. The molecule has 0 spiro atoms. The first-order valence-corrected chi connectivity index (χ1v) is 9.60. The molecule has 1 aromatic rings. The maximum atomic E-state index is 12.9. The molecule has 0 aromatic heterocycles. The van der Waals surface area contributed by atoms with Gasteiger partial charge in [-0.05, 0) is 31.5 Å². The van der Waals surface area contributed by atoms with Crippen LogP contribution in [0.1, 0.15) is 44.7 Å². The lowest BCUT2D eigenvalue weighted by Gasteiger charge is -2.17. The van der Waals surface area contributed by atoms with Crippen LogP contribution in [0.2, 0.25) is 0 Å². The van der Waals surface area contributed by atoms with Crippen molar-refractivity contribution < 1.29 is 18.3 Å². The molecule has 0 amide bonds. The van der Waals surface area contributed by atoms with Gasteiger partial charge in [0.2, 0.25) is 0 Å². The number of carbonyl (C=O) groups excluding carboxylic acids is 1. The van der Waals surface area contributed by atoms with Crippen LogP contribution in [-0.4, -0.2) is 25.4 Å². The molecule has 0 atom stereocenters. The fourth-order valence-electron chi connectivity index (χ4n) is 2.34. The number of ether oxygens (including phenoxy) is 1. The molecule has 1 aromatic carbocycles.